The summed E-state index contributed by atoms with van der Waals surface area (Å²) >= 11 is 0. The number of aryl methyl sites for hydroxylation is 2. The smallest absolute Gasteiger partial charge is 0.0561 e. The Morgan fingerprint density at radius 3 is 2.05 bits per heavy atom. The van der Waals surface area contributed by atoms with Gasteiger partial charge < -0.3 is 0 Å². The molecule has 2 nitrogen and oxygen atoms in total. The molecule has 0 atom stereocenters. The lowest BCUT2D eigenvalue weighted by molar-refractivity contribution is 1.22. The Bertz CT molecular complexity index is 572. The summed E-state index contributed by atoms with van der Waals surface area (Å²) in [6, 6.07) is 12.2. The fraction of sp³-hybridized carbons (Fsp3) is 0.235. The van der Waals surface area contributed by atoms with Crippen molar-refractivity contribution in [3.8, 4) is 0 Å². The topological polar surface area (TPSA) is 24.4 Å². The Labute approximate surface area is 115 Å². The second-order valence-corrected chi connectivity index (χ2v) is 4.91. The summed E-state index contributed by atoms with van der Waals surface area (Å²) in [6.07, 6.45) is 1.91. The van der Waals surface area contributed by atoms with Gasteiger partial charge in [-0.05, 0) is 62.1 Å². The van der Waals surface area contributed by atoms with E-state index in [1.54, 1.807) is 0 Å². The van der Waals surface area contributed by atoms with Gasteiger partial charge >= 0.3 is 0 Å². The number of nitrogens with one attached hydrogen (secondary N) is 1. The minimum Gasteiger partial charge on any atom is -0.279 e. The molecule has 0 bridgehead atoms. The maximum atomic E-state index is 4.34. The number of para-hydroxylation sites is 1. The Morgan fingerprint density at radius 2 is 1.47 bits per heavy atom. The zero-order valence-corrected chi connectivity index (χ0v) is 12.0. The molecular weight excluding hydrogens is 232 g/mol. The van der Waals surface area contributed by atoms with Crippen LogP contribution in [0.4, 0.5) is 5.69 Å². The summed E-state index contributed by atoms with van der Waals surface area (Å²) in [5.41, 5.74) is 10.5. The molecule has 1 N–H and O–H groups in total. The molecule has 0 fully saturated rings. The molecule has 0 spiro atoms. The zero-order chi connectivity index (χ0) is 13.8. The van der Waals surface area contributed by atoms with Crippen molar-refractivity contribution in [2.24, 2.45) is 5.10 Å². The van der Waals surface area contributed by atoms with E-state index >= 15 is 0 Å². The fourth-order valence-electron chi connectivity index (χ4n) is 2.13. The van der Waals surface area contributed by atoms with Gasteiger partial charge in [-0.15, -0.1) is 0 Å². The molecule has 0 saturated carbocycles. The molecule has 0 aromatic heterocycles. The van der Waals surface area contributed by atoms with Crippen LogP contribution in [0.3, 0.4) is 0 Å². The van der Waals surface area contributed by atoms with E-state index in [0.717, 1.165) is 5.69 Å². The first kappa shape index (κ1) is 13.3. The summed E-state index contributed by atoms with van der Waals surface area (Å²) < 4.78 is 0. The number of hydrogen-bond acceptors (Lipinski definition) is 2. The van der Waals surface area contributed by atoms with Crippen LogP contribution in [0.2, 0.25) is 0 Å². The fourth-order valence-corrected chi connectivity index (χ4v) is 2.13. The highest BCUT2D eigenvalue weighted by Crippen LogP contribution is 2.20. The van der Waals surface area contributed by atoms with Gasteiger partial charge in [0.1, 0.15) is 0 Å². The largest absolute Gasteiger partial charge is 0.279 e. The van der Waals surface area contributed by atoms with Gasteiger partial charge in [-0.25, -0.2) is 0 Å². The summed E-state index contributed by atoms with van der Waals surface area (Å²) in [5, 5.41) is 4.34. The van der Waals surface area contributed by atoms with E-state index in [-0.39, 0.29) is 0 Å². The predicted molar refractivity (Wildman–Crippen MR) is 83.0 cm³/mol. The molecule has 2 aromatic rings. The first-order valence-corrected chi connectivity index (χ1v) is 6.51. The van der Waals surface area contributed by atoms with E-state index in [9.17, 15) is 0 Å². The number of hydrogen-bond donors (Lipinski definition) is 1. The van der Waals surface area contributed by atoms with Crippen molar-refractivity contribution in [1.82, 2.24) is 0 Å². The standard InChI is InChI=1S/C17H20N2/c1-12-10-13(2)15(4)17(14(12)3)11-18-19-16-8-6-5-7-9-16/h5-11,19H,1-4H3. The average Bonchev–Trinajstić information content (AvgIpc) is 2.42. The molecule has 0 unspecified atom stereocenters. The van der Waals surface area contributed by atoms with E-state index in [1.807, 2.05) is 36.5 Å². The van der Waals surface area contributed by atoms with Crippen molar-refractivity contribution < 1.29 is 0 Å². The van der Waals surface area contributed by atoms with E-state index in [1.165, 1.54) is 27.8 Å². The Balaban J connectivity index is 2.24. The molecule has 2 aromatic carbocycles. The minimum atomic E-state index is 0.999. The van der Waals surface area contributed by atoms with Gasteiger partial charge in [0.05, 0.1) is 11.9 Å². The minimum absolute atomic E-state index is 0.999. The van der Waals surface area contributed by atoms with Crippen LogP contribution in [-0.2, 0) is 0 Å². The molecular formula is C17H20N2. The van der Waals surface area contributed by atoms with Crippen LogP contribution in [0, 0.1) is 27.7 Å². The van der Waals surface area contributed by atoms with Crippen molar-refractivity contribution in [3.05, 3.63) is 64.2 Å². The summed E-state index contributed by atoms with van der Waals surface area (Å²) in [4.78, 5) is 0. The van der Waals surface area contributed by atoms with Crippen LogP contribution >= 0.6 is 0 Å². The molecule has 0 amide bonds. The third-order valence-electron chi connectivity index (χ3n) is 3.59. The lowest BCUT2D eigenvalue weighted by atomic mass is 9.95. The van der Waals surface area contributed by atoms with E-state index < -0.39 is 0 Å². The highest BCUT2D eigenvalue weighted by Gasteiger charge is 2.05. The molecule has 0 heterocycles. The normalized spacial score (nSPS) is 10.9. The SMILES string of the molecule is Cc1cc(C)c(C)c(C=NNc2ccccc2)c1C. The van der Waals surface area contributed by atoms with Crippen molar-refractivity contribution in [3.63, 3.8) is 0 Å². The molecule has 0 aliphatic carbocycles. The number of rotatable bonds is 3. The van der Waals surface area contributed by atoms with Crippen LogP contribution < -0.4 is 5.43 Å². The van der Waals surface area contributed by atoms with Crippen molar-refractivity contribution in [1.29, 1.82) is 0 Å². The lowest BCUT2D eigenvalue weighted by Gasteiger charge is -2.11. The molecule has 0 aliphatic heterocycles. The first-order chi connectivity index (χ1) is 9.09. The molecule has 19 heavy (non-hydrogen) atoms. The van der Waals surface area contributed by atoms with Gasteiger partial charge in [0, 0.05) is 5.56 Å². The average molecular weight is 252 g/mol. The van der Waals surface area contributed by atoms with Gasteiger partial charge in [0.2, 0.25) is 0 Å². The number of nitrogens with zero attached hydrogens (tertiary/aromatic N) is 1. The molecule has 98 valence electrons. The van der Waals surface area contributed by atoms with Crippen LogP contribution in [0.5, 0.6) is 0 Å². The summed E-state index contributed by atoms with van der Waals surface area (Å²) in [7, 11) is 0. The Hall–Kier alpha value is -2.09. The highest BCUT2D eigenvalue weighted by atomic mass is 15.3. The predicted octanol–water partition coefficient (Wildman–Crippen LogP) is 4.37. The Kier molecular flexibility index (Phi) is 4.00. The van der Waals surface area contributed by atoms with Crippen LogP contribution in [0.25, 0.3) is 0 Å². The molecule has 0 radical (unpaired) electrons. The molecule has 2 rings (SSSR count). The highest BCUT2D eigenvalue weighted by molar-refractivity contribution is 5.85. The van der Waals surface area contributed by atoms with Crippen molar-refractivity contribution in [2.45, 2.75) is 27.7 Å². The number of hydrazone groups is 1. The van der Waals surface area contributed by atoms with Crippen LogP contribution in [-0.4, -0.2) is 6.21 Å². The zero-order valence-electron chi connectivity index (χ0n) is 12.0. The summed E-state index contributed by atoms with van der Waals surface area (Å²) in [6.45, 7) is 8.57. The maximum Gasteiger partial charge on any atom is 0.0561 e. The first-order valence-electron chi connectivity index (χ1n) is 6.51. The van der Waals surface area contributed by atoms with E-state index in [4.69, 9.17) is 0 Å². The number of benzene rings is 2. The van der Waals surface area contributed by atoms with Crippen molar-refractivity contribution in [2.75, 3.05) is 5.43 Å². The number of anilines is 1. The quantitative estimate of drug-likeness (QED) is 0.636. The third-order valence-corrected chi connectivity index (χ3v) is 3.59. The van der Waals surface area contributed by atoms with E-state index in [2.05, 4.69) is 44.3 Å². The molecule has 2 heteroatoms. The molecule has 0 saturated heterocycles. The second-order valence-electron chi connectivity index (χ2n) is 4.91. The third kappa shape index (κ3) is 3.02. The second kappa shape index (κ2) is 5.70. The van der Waals surface area contributed by atoms with Crippen LogP contribution in [0.1, 0.15) is 27.8 Å². The monoisotopic (exact) mass is 252 g/mol. The molecule has 0 aliphatic rings. The van der Waals surface area contributed by atoms with Gasteiger partial charge in [-0.1, -0.05) is 24.3 Å². The van der Waals surface area contributed by atoms with E-state index in [0.29, 0.717) is 0 Å². The van der Waals surface area contributed by atoms with Crippen molar-refractivity contribution >= 4 is 11.9 Å². The lowest BCUT2D eigenvalue weighted by Crippen LogP contribution is -1.99. The maximum absolute atomic E-state index is 4.34. The Morgan fingerprint density at radius 1 is 0.895 bits per heavy atom. The van der Waals surface area contributed by atoms with Gasteiger partial charge in [0.25, 0.3) is 0 Å². The van der Waals surface area contributed by atoms with Gasteiger partial charge in [-0.3, -0.25) is 5.43 Å². The van der Waals surface area contributed by atoms with Gasteiger partial charge in [0.15, 0.2) is 0 Å². The summed E-state index contributed by atoms with van der Waals surface area (Å²) in [5.74, 6) is 0. The van der Waals surface area contributed by atoms with Crippen LogP contribution in [0.15, 0.2) is 41.5 Å². The van der Waals surface area contributed by atoms with Gasteiger partial charge in [-0.2, -0.15) is 5.10 Å².